The number of rotatable bonds is 5. The Morgan fingerprint density at radius 2 is 2.06 bits per heavy atom. The van der Waals surface area contributed by atoms with Crippen molar-refractivity contribution in [3.05, 3.63) is 48.0 Å². The van der Waals surface area contributed by atoms with Gasteiger partial charge in [0.2, 0.25) is 0 Å². The molecular formula is C13H17N3O. The molecular weight excluding hydrogens is 214 g/mol. The molecule has 2 aromatic rings. The fourth-order valence-corrected chi connectivity index (χ4v) is 1.71. The molecule has 0 aliphatic rings. The summed E-state index contributed by atoms with van der Waals surface area (Å²) in [5.74, 6) is 0. The van der Waals surface area contributed by atoms with Crippen LogP contribution in [0.2, 0.25) is 0 Å². The molecule has 17 heavy (non-hydrogen) atoms. The average molecular weight is 231 g/mol. The molecule has 0 saturated heterocycles. The minimum absolute atomic E-state index is 0.648. The molecule has 0 aliphatic carbocycles. The number of benzene rings is 1. The first-order valence-corrected chi connectivity index (χ1v) is 5.59. The Morgan fingerprint density at radius 1 is 1.29 bits per heavy atom. The molecule has 90 valence electrons. The highest BCUT2D eigenvalue weighted by atomic mass is 16.5. The van der Waals surface area contributed by atoms with Crippen molar-refractivity contribution in [1.29, 1.82) is 0 Å². The summed E-state index contributed by atoms with van der Waals surface area (Å²) in [6.45, 7) is 1.43. The van der Waals surface area contributed by atoms with E-state index in [0.29, 0.717) is 6.61 Å². The number of ether oxygens (including phenoxy) is 1. The Hall–Kier alpha value is -1.65. The van der Waals surface area contributed by atoms with Gasteiger partial charge in [-0.15, -0.1) is 0 Å². The van der Waals surface area contributed by atoms with Gasteiger partial charge >= 0.3 is 0 Å². The van der Waals surface area contributed by atoms with Crippen LogP contribution in [0, 0.1) is 0 Å². The smallest absolute Gasteiger partial charge is 0.0995 e. The molecule has 0 fully saturated rings. The van der Waals surface area contributed by atoms with Crippen LogP contribution in [0.1, 0.15) is 11.3 Å². The van der Waals surface area contributed by atoms with Crippen molar-refractivity contribution in [2.45, 2.75) is 13.2 Å². The van der Waals surface area contributed by atoms with Crippen LogP contribution in [0.25, 0.3) is 5.69 Å². The van der Waals surface area contributed by atoms with Crippen LogP contribution >= 0.6 is 0 Å². The maximum atomic E-state index is 5.08. The van der Waals surface area contributed by atoms with E-state index in [1.54, 1.807) is 7.11 Å². The van der Waals surface area contributed by atoms with Gasteiger partial charge in [0.25, 0.3) is 0 Å². The van der Waals surface area contributed by atoms with Gasteiger partial charge < -0.3 is 14.6 Å². The Balaban J connectivity index is 2.15. The molecule has 0 bridgehead atoms. The van der Waals surface area contributed by atoms with Crippen LogP contribution in [-0.4, -0.2) is 23.7 Å². The molecule has 1 N–H and O–H groups in total. The molecule has 0 aliphatic heterocycles. The van der Waals surface area contributed by atoms with Gasteiger partial charge in [0.15, 0.2) is 0 Å². The van der Waals surface area contributed by atoms with Gasteiger partial charge in [0.1, 0.15) is 0 Å². The third-order valence-corrected chi connectivity index (χ3v) is 2.54. The number of aromatic nitrogens is 2. The van der Waals surface area contributed by atoms with E-state index in [9.17, 15) is 0 Å². The lowest BCUT2D eigenvalue weighted by molar-refractivity contribution is 0.185. The van der Waals surface area contributed by atoms with Gasteiger partial charge in [-0.05, 0) is 24.7 Å². The third kappa shape index (κ3) is 2.93. The van der Waals surface area contributed by atoms with Crippen LogP contribution in [0.15, 0.2) is 36.8 Å². The quantitative estimate of drug-likeness (QED) is 0.852. The molecule has 1 aromatic heterocycles. The first-order valence-electron chi connectivity index (χ1n) is 5.59. The van der Waals surface area contributed by atoms with Crippen molar-refractivity contribution < 1.29 is 4.74 Å². The summed E-state index contributed by atoms with van der Waals surface area (Å²) < 4.78 is 7.10. The number of nitrogens with zero attached hydrogens (tertiary/aromatic N) is 2. The fourth-order valence-electron chi connectivity index (χ4n) is 1.71. The second-order valence-corrected chi connectivity index (χ2v) is 3.90. The van der Waals surface area contributed by atoms with Gasteiger partial charge in [0, 0.05) is 25.5 Å². The highest BCUT2D eigenvalue weighted by molar-refractivity contribution is 5.34. The largest absolute Gasteiger partial charge is 0.380 e. The van der Waals surface area contributed by atoms with E-state index in [2.05, 4.69) is 34.6 Å². The van der Waals surface area contributed by atoms with Gasteiger partial charge in [-0.3, -0.25) is 0 Å². The summed E-state index contributed by atoms with van der Waals surface area (Å²) in [5, 5.41) is 3.08. The zero-order chi connectivity index (χ0) is 12.1. The average Bonchev–Trinajstić information content (AvgIpc) is 2.80. The Labute approximate surface area is 101 Å². The Kier molecular flexibility index (Phi) is 3.90. The molecule has 0 unspecified atom stereocenters. The predicted molar refractivity (Wildman–Crippen MR) is 67.0 cm³/mol. The molecule has 0 spiro atoms. The van der Waals surface area contributed by atoms with E-state index in [0.717, 1.165) is 17.9 Å². The van der Waals surface area contributed by atoms with Crippen LogP contribution < -0.4 is 5.32 Å². The number of methoxy groups -OCH3 is 1. The van der Waals surface area contributed by atoms with E-state index in [-0.39, 0.29) is 0 Å². The van der Waals surface area contributed by atoms with Crippen molar-refractivity contribution in [2.24, 2.45) is 0 Å². The number of imidazole rings is 1. The van der Waals surface area contributed by atoms with Crippen LogP contribution in [-0.2, 0) is 17.9 Å². The maximum absolute atomic E-state index is 5.08. The van der Waals surface area contributed by atoms with E-state index >= 15 is 0 Å². The summed E-state index contributed by atoms with van der Waals surface area (Å²) in [6.07, 6.45) is 3.86. The summed E-state index contributed by atoms with van der Waals surface area (Å²) >= 11 is 0. The van der Waals surface area contributed by atoms with E-state index in [1.165, 1.54) is 5.56 Å². The van der Waals surface area contributed by atoms with Crippen molar-refractivity contribution >= 4 is 0 Å². The first kappa shape index (κ1) is 11.8. The standard InChI is InChI=1S/C13H17N3O/c1-14-7-12-8-16(10-15-12)13-5-3-11(4-6-13)9-17-2/h3-6,8,10,14H,7,9H2,1-2H3. The van der Waals surface area contributed by atoms with E-state index in [4.69, 9.17) is 4.74 Å². The molecule has 0 radical (unpaired) electrons. The van der Waals surface area contributed by atoms with Gasteiger partial charge in [-0.2, -0.15) is 0 Å². The molecule has 0 saturated carbocycles. The minimum Gasteiger partial charge on any atom is -0.380 e. The van der Waals surface area contributed by atoms with E-state index in [1.807, 2.05) is 24.1 Å². The molecule has 1 aromatic carbocycles. The van der Waals surface area contributed by atoms with Crippen molar-refractivity contribution in [2.75, 3.05) is 14.2 Å². The lowest BCUT2D eigenvalue weighted by atomic mass is 10.2. The lowest BCUT2D eigenvalue weighted by Gasteiger charge is -2.03. The molecule has 0 atom stereocenters. The van der Waals surface area contributed by atoms with Crippen LogP contribution in [0.5, 0.6) is 0 Å². The van der Waals surface area contributed by atoms with E-state index < -0.39 is 0 Å². The SMILES string of the molecule is CNCc1cn(-c2ccc(COC)cc2)cn1. The van der Waals surface area contributed by atoms with Crippen molar-refractivity contribution in [1.82, 2.24) is 14.9 Å². The monoisotopic (exact) mass is 231 g/mol. The Bertz CT molecular complexity index is 462. The topological polar surface area (TPSA) is 39.1 Å². The summed E-state index contributed by atoms with van der Waals surface area (Å²) in [6, 6.07) is 8.27. The maximum Gasteiger partial charge on any atom is 0.0995 e. The predicted octanol–water partition coefficient (Wildman–Crippen LogP) is 1.74. The normalized spacial score (nSPS) is 10.7. The zero-order valence-electron chi connectivity index (χ0n) is 10.2. The summed E-state index contributed by atoms with van der Waals surface area (Å²) in [4.78, 5) is 4.32. The fraction of sp³-hybridized carbons (Fsp3) is 0.308. The highest BCUT2D eigenvalue weighted by Crippen LogP contribution is 2.11. The van der Waals surface area contributed by atoms with Gasteiger partial charge in [0.05, 0.1) is 18.6 Å². The number of hydrogen-bond donors (Lipinski definition) is 1. The molecule has 2 rings (SSSR count). The van der Waals surface area contributed by atoms with Crippen molar-refractivity contribution in [3.8, 4) is 5.69 Å². The third-order valence-electron chi connectivity index (χ3n) is 2.54. The summed E-state index contributed by atoms with van der Waals surface area (Å²) in [5.41, 5.74) is 3.32. The number of hydrogen-bond acceptors (Lipinski definition) is 3. The van der Waals surface area contributed by atoms with Crippen molar-refractivity contribution in [3.63, 3.8) is 0 Å². The minimum atomic E-state index is 0.648. The highest BCUT2D eigenvalue weighted by Gasteiger charge is 2.00. The molecule has 0 amide bonds. The summed E-state index contributed by atoms with van der Waals surface area (Å²) in [7, 11) is 3.62. The lowest BCUT2D eigenvalue weighted by Crippen LogP contribution is -2.04. The second-order valence-electron chi connectivity index (χ2n) is 3.90. The molecule has 1 heterocycles. The molecule has 4 nitrogen and oxygen atoms in total. The second kappa shape index (κ2) is 5.61. The molecule has 4 heteroatoms. The van der Waals surface area contributed by atoms with Gasteiger partial charge in [-0.1, -0.05) is 12.1 Å². The number of nitrogens with one attached hydrogen (secondary N) is 1. The first-order chi connectivity index (χ1) is 8.33. The van der Waals surface area contributed by atoms with Crippen LogP contribution in [0.4, 0.5) is 0 Å². The van der Waals surface area contributed by atoms with Crippen LogP contribution in [0.3, 0.4) is 0 Å². The van der Waals surface area contributed by atoms with Gasteiger partial charge in [-0.25, -0.2) is 4.98 Å². The Morgan fingerprint density at radius 3 is 2.71 bits per heavy atom. The zero-order valence-corrected chi connectivity index (χ0v) is 10.2.